The third-order valence-electron chi connectivity index (χ3n) is 8.74. The number of hydrogen-bond acceptors (Lipinski definition) is 4. The zero-order valence-corrected chi connectivity index (χ0v) is 20.5. The molecule has 2 bridgehead atoms. The molecule has 3 fully saturated rings. The molecule has 4 heterocycles. The molecule has 3 aliphatic rings. The van der Waals surface area contributed by atoms with Crippen molar-refractivity contribution >= 4 is 16.7 Å². The average Bonchev–Trinajstić information content (AvgIpc) is 3.18. The molecule has 3 aliphatic heterocycles. The van der Waals surface area contributed by atoms with E-state index in [0.29, 0.717) is 37.1 Å². The Hall–Kier alpha value is -2.92. The molecular formula is C30H34N2O3. The first-order valence-electron chi connectivity index (χ1n) is 13.0. The predicted molar refractivity (Wildman–Crippen MR) is 137 cm³/mol. The Kier molecular flexibility index (Phi) is 5.97. The van der Waals surface area contributed by atoms with Gasteiger partial charge in [-0.2, -0.15) is 0 Å². The number of carbonyl (C=O) groups excluding carboxylic acids is 1. The van der Waals surface area contributed by atoms with Crippen LogP contribution in [0.4, 0.5) is 0 Å². The minimum Gasteiger partial charge on any atom is -0.497 e. The lowest BCUT2D eigenvalue weighted by Crippen LogP contribution is -2.56. The second-order valence-corrected chi connectivity index (χ2v) is 10.6. The average molecular weight is 471 g/mol. The molecule has 1 aromatic heterocycles. The van der Waals surface area contributed by atoms with Gasteiger partial charge in [0, 0.05) is 43.1 Å². The summed E-state index contributed by atoms with van der Waals surface area (Å²) >= 11 is 0. The van der Waals surface area contributed by atoms with E-state index in [9.17, 15) is 4.79 Å². The maximum atomic E-state index is 14.4. The first-order valence-corrected chi connectivity index (χ1v) is 13.0. The summed E-state index contributed by atoms with van der Waals surface area (Å²) in [5, 5.41) is 2.52. The lowest BCUT2D eigenvalue weighted by atomic mass is 9.72. The lowest BCUT2D eigenvalue weighted by molar-refractivity contribution is -0.146. The highest BCUT2D eigenvalue weighted by Crippen LogP contribution is 2.45. The van der Waals surface area contributed by atoms with Crippen LogP contribution in [-0.2, 0) is 21.4 Å². The molecule has 0 aliphatic carbocycles. The molecule has 6 rings (SSSR count). The fourth-order valence-corrected chi connectivity index (χ4v) is 6.97. The quantitative estimate of drug-likeness (QED) is 0.508. The molecule has 2 aromatic carbocycles. The van der Waals surface area contributed by atoms with Crippen LogP contribution in [0.5, 0.6) is 5.75 Å². The minimum atomic E-state index is -0.485. The van der Waals surface area contributed by atoms with E-state index in [-0.39, 0.29) is 0 Å². The molecule has 3 aromatic rings. The van der Waals surface area contributed by atoms with Crippen molar-refractivity contribution in [1.29, 1.82) is 0 Å². The lowest BCUT2D eigenvalue weighted by Gasteiger charge is -2.46. The fourth-order valence-electron chi connectivity index (χ4n) is 6.97. The van der Waals surface area contributed by atoms with Crippen molar-refractivity contribution in [1.82, 2.24) is 9.88 Å². The number of methoxy groups -OCH3 is 1. The van der Waals surface area contributed by atoms with Gasteiger partial charge in [-0.25, -0.2) is 0 Å². The standard InChI is InChI=1S/C30H34N2O3/c1-34-27-9-5-24(6-10-27)30(12-15-35-16-13-30)29(33)32-25-7-8-26(32)19-21(18-25)17-22-3-2-4-23-20-31-14-11-28(22)23/h2-6,9-11,14,20-21,25-26H,7-8,12-13,15-19H2,1H3. The van der Waals surface area contributed by atoms with Gasteiger partial charge < -0.3 is 14.4 Å². The van der Waals surface area contributed by atoms with E-state index < -0.39 is 5.41 Å². The molecule has 5 heteroatoms. The summed E-state index contributed by atoms with van der Waals surface area (Å²) in [6.07, 6.45) is 10.9. The first kappa shape index (κ1) is 22.5. The van der Waals surface area contributed by atoms with Crippen LogP contribution in [0.15, 0.2) is 60.9 Å². The zero-order valence-electron chi connectivity index (χ0n) is 20.5. The van der Waals surface area contributed by atoms with E-state index in [1.54, 1.807) is 7.11 Å². The van der Waals surface area contributed by atoms with Crippen molar-refractivity contribution in [2.24, 2.45) is 5.92 Å². The summed E-state index contributed by atoms with van der Waals surface area (Å²) in [4.78, 5) is 21.0. The van der Waals surface area contributed by atoms with Gasteiger partial charge in [-0.3, -0.25) is 9.78 Å². The largest absolute Gasteiger partial charge is 0.497 e. The van der Waals surface area contributed by atoms with Crippen LogP contribution in [-0.4, -0.2) is 48.2 Å². The maximum Gasteiger partial charge on any atom is 0.233 e. The fraction of sp³-hybridized carbons (Fsp3) is 0.467. The van der Waals surface area contributed by atoms with Gasteiger partial charge in [0.1, 0.15) is 5.75 Å². The number of piperidine rings is 1. The smallest absolute Gasteiger partial charge is 0.233 e. The third kappa shape index (κ3) is 4.00. The van der Waals surface area contributed by atoms with E-state index in [2.05, 4.69) is 46.3 Å². The first-order chi connectivity index (χ1) is 17.2. The van der Waals surface area contributed by atoms with Gasteiger partial charge in [0.25, 0.3) is 0 Å². The van der Waals surface area contributed by atoms with Crippen molar-refractivity contribution < 1.29 is 14.3 Å². The van der Waals surface area contributed by atoms with Crippen LogP contribution >= 0.6 is 0 Å². The van der Waals surface area contributed by atoms with E-state index in [0.717, 1.165) is 56.3 Å². The molecule has 5 nitrogen and oxygen atoms in total. The molecule has 35 heavy (non-hydrogen) atoms. The summed E-state index contributed by atoms with van der Waals surface area (Å²) in [5.74, 6) is 1.77. The van der Waals surface area contributed by atoms with Crippen molar-refractivity contribution in [3.63, 3.8) is 0 Å². The van der Waals surface area contributed by atoms with Crippen molar-refractivity contribution in [2.75, 3.05) is 20.3 Å². The minimum absolute atomic E-state index is 0.327. The number of hydrogen-bond donors (Lipinski definition) is 0. The van der Waals surface area contributed by atoms with Crippen LogP contribution in [0.1, 0.15) is 49.7 Å². The number of fused-ring (bicyclic) bond motifs is 3. The zero-order chi connectivity index (χ0) is 23.8. The van der Waals surface area contributed by atoms with E-state index in [1.807, 2.05) is 24.5 Å². The molecule has 0 N–H and O–H groups in total. The number of aromatic nitrogens is 1. The Bertz CT molecular complexity index is 1180. The Morgan fingerprint density at radius 1 is 1.06 bits per heavy atom. The molecule has 0 spiro atoms. The highest BCUT2D eigenvalue weighted by Gasteiger charge is 2.51. The highest BCUT2D eigenvalue weighted by molar-refractivity contribution is 5.89. The van der Waals surface area contributed by atoms with Crippen molar-refractivity contribution in [3.8, 4) is 5.75 Å². The van der Waals surface area contributed by atoms with Gasteiger partial charge in [-0.05, 0) is 85.6 Å². The normalized spacial score (nSPS) is 25.5. The highest BCUT2D eigenvalue weighted by atomic mass is 16.5. The summed E-state index contributed by atoms with van der Waals surface area (Å²) in [5.41, 5.74) is 2.03. The summed E-state index contributed by atoms with van der Waals surface area (Å²) in [7, 11) is 1.68. The Morgan fingerprint density at radius 2 is 1.80 bits per heavy atom. The molecule has 0 saturated carbocycles. The maximum absolute atomic E-state index is 14.4. The Morgan fingerprint density at radius 3 is 2.51 bits per heavy atom. The van der Waals surface area contributed by atoms with Gasteiger partial charge in [-0.1, -0.05) is 30.3 Å². The van der Waals surface area contributed by atoms with Crippen LogP contribution in [0.2, 0.25) is 0 Å². The molecule has 2 atom stereocenters. The molecular weight excluding hydrogens is 436 g/mol. The number of pyridine rings is 1. The van der Waals surface area contributed by atoms with Crippen LogP contribution in [0.25, 0.3) is 10.8 Å². The summed E-state index contributed by atoms with van der Waals surface area (Å²) in [6, 6.07) is 17.5. The topological polar surface area (TPSA) is 51.7 Å². The van der Waals surface area contributed by atoms with Crippen LogP contribution in [0.3, 0.4) is 0 Å². The molecule has 182 valence electrons. The molecule has 3 saturated heterocycles. The number of amides is 1. The monoisotopic (exact) mass is 470 g/mol. The summed E-state index contributed by atoms with van der Waals surface area (Å²) < 4.78 is 11.1. The summed E-state index contributed by atoms with van der Waals surface area (Å²) in [6.45, 7) is 1.28. The predicted octanol–water partition coefficient (Wildman–Crippen LogP) is 5.30. The molecule has 2 unspecified atom stereocenters. The SMILES string of the molecule is COc1ccc(C2(C(=O)N3C4CCC3CC(Cc3cccc5cnccc35)C4)CCOCC2)cc1. The van der Waals surface area contributed by atoms with Gasteiger partial charge in [0.15, 0.2) is 0 Å². The second kappa shape index (κ2) is 9.27. The molecule has 0 radical (unpaired) electrons. The van der Waals surface area contributed by atoms with Crippen molar-refractivity contribution in [3.05, 3.63) is 72.1 Å². The van der Waals surface area contributed by atoms with Crippen LogP contribution < -0.4 is 4.74 Å². The van der Waals surface area contributed by atoms with Crippen LogP contribution in [0, 0.1) is 5.92 Å². The Labute approximate surface area is 207 Å². The number of nitrogens with zero attached hydrogens (tertiary/aromatic N) is 2. The van der Waals surface area contributed by atoms with E-state index >= 15 is 0 Å². The van der Waals surface area contributed by atoms with E-state index in [1.165, 1.54) is 16.3 Å². The van der Waals surface area contributed by atoms with Gasteiger partial charge >= 0.3 is 0 Å². The van der Waals surface area contributed by atoms with Gasteiger partial charge in [0.05, 0.1) is 12.5 Å². The van der Waals surface area contributed by atoms with Gasteiger partial charge in [-0.15, -0.1) is 0 Å². The molecule has 1 amide bonds. The second-order valence-electron chi connectivity index (χ2n) is 10.6. The third-order valence-corrected chi connectivity index (χ3v) is 8.74. The van der Waals surface area contributed by atoms with Gasteiger partial charge in [0.2, 0.25) is 5.91 Å². The van der Waals surface area contributed by atoms with Crippen molar-refractivity contribution in [2.45, 2.75) is 62.4 Å². The number of carbonyl (C=O) groups is 1. The van der Waals surface area contributed by atoms with E-state index in [4.69, 9.17) is 9.47 Å². The number of ether oxygens (including phenoxy) is 2. The Balaban J connectivity index is 1.24. The number of benzene rings is 2. The number of rotatable bonds is 5.